The largest absolute Gasteiger partial charge is 0.328 e. The van der Waals surface area contributed by atoms with Gasteiger partial charge in [0.2, 0.25) is 5.16 Å². The Bertz CT molecular complexity index is 539. The van der Waals surface area contributed by atoms with Crippen LogP contribution in [-0.4, -0.2) is 21.2 Å². The molecule has 0 spiro atoms. The minimum atomic E-state index is -0.263. The van der Waals surface area contributed by atoms with E-state index in [9.17, 15) is 4.39 Å². The Morgan fingerprint density at radius 3 is 2.89 bits per heavy atom. The number of hydrogen-bond acceptors (Lipinski definition) is 4. The molecule has 96 valence electrons. The molecule has 3 N–H and O–H groups in total. The van der Waals surface area contributed by atoms with Crippen molar-refractivity contribution in [3.8, 4) is 0 Å². The number of halogens is 1. The summed E-state index contributed by atoms with van der Waals surface area (Å²) >= 11 is 1.22. The van der Waals surface area contributed by atoms with Gasteiger partial charge in [-0.2, -0.15) is 0 Å². The van der Waals surface area contributed by atoms with Crippen LogP contribution in [0, 0.1) is 12.7 Å². The van der Waals surface area contributed by atoms with Crippen molar-refractivity contribution in [1.29, 1.82) is 0 Å². The number of rotatable bonds is 4. The first kappa shape index (κ1) is 13.0. The molecule has 2 aromatic rings. The van der Waals surface area contributed by atoms with Gasteiger partial charge in [0.1, 0.15) is 11.6 Å². The number of H-pyrrole nitrogens is 1. The number of benzene rings is 1. The first-order valence-electron chi connectivity index (χ1n) is 5.66. The van der Waals surface area contributed by atoms with Gasteiger partial charge in [-0.3, -0.25) is 5.10 Å². The second-order valence-electron chi connectivity index (χ2n) is 4.21. The lowest BCUT2D eigenvalue weighted by atomic mass is 10.1. The summed E-state index contributed by atoms with van der Waals surface area (Å²) in [6.45, 7) is 3.71. The summed E-state index contributed by atoms with van der Waals surface area (Å²) in [5.41, 5.74) is 6.66. The molecule has 0 aliphatic heterocycles. The SMILES string of the molecule is Cc1nc(Sc2c(F)cccc2CC(C)N)n[nH]1. The topological polar surface area (TPSA) is 67.6 Å². The Labute approximate surface area is 109 Å². The van der Waals surface area contributed by atoms with Crippen LogP contribution < -0.4 is 5.73 Å². The fourth-order valence-electron chi connectivity index (χ4n) is 1.63. The van der Waals surface area contributed by atoms with E-state index in [4.69, 9.17) is 5.73 Å². The van der Waals surface area contributed by atoms with E-state index in [1.165, 1.54) is 17.8 Å². The zero-order chi connectivity index (χ0) is 13.1. The highest BCUT2D eigenvalue weighted by atomic mass is 32.2. The quantitative estimate of drug-likeness (QED) is 0.891. The molecule has 1 atom stereocenters. The molecular weight excluding hydrogens is 251 g/mol. The van der Waals surface area contributed by atoms with Crippen molar-refractivity contribution >= 4 is 11.8 Å². The van der Waals surface area contributed by atoms with E-state index in [0.29, 0.717) is 22.3 Å². The highest BCUT2D eigenvalue weighted by Gasteiger charge is 2.13. The average Bonchev–Trinajstić information content (AvgIpc) is 2.68. The van der Waals surface area contributed by atoms with Gasteiger partial charge in [-0.05, 0) is 43.7 Å². The summed E-state index contributed by atoms with van der Waals surface area (Å²) in [5.74, 6) is 0.447. The smallest absolute Gasteiger partial charge is 0.213 e. The van der Waals surface area contributed by atoms with Gasteiger partial charge in [-0.25, -0.2) is 9.37 Å². The molecule has 0 saturated carbocycles. The van der Waals surface area contributed by atoms with Crippen LogP contribution in [0.5, 0.6) is 0 Å². The third kappa shape index (κ3) is 3.08. The van der Waals surface area contributed by atoms with Crippen molar-refractivity contribution in [2.24, 2.45) is 5.73 Å². The molecule has 2 rings (SSSR count). The van der Waals surface area contributed by atoms with E-state index in [-0.39, 0.29) is 11.9 Å². The van der Waals surface area contributed by atoms with Gasteiger partial charge in [0.15, 0.2) is 0 Å². The minimum absolute atomic E-state index is 0.0139. The average molecular weight is 266 g/mol. The van der Waals surface area contributed by atoms with E-state index in [1.807, 2.05) is 13.0 Å². The van der Waals surface area contributed by atoms with Crippen molar-refractivity contribution in [3.05, 3.63) is 35.4 Å². The molecule has 0 fully saturated rings. The normalized spacial score (nSPS) is 12.7. The van der Waals surface area contributed by atoms with Crippen LogP contribution >= 0.6 is 11.8 Å². The number of hydrogen-bond donors (Lipinski definition) is 2. The summed E-state index contributed by atoms with van der Waals surface area (Å²) in [6.07, 6.45) is 0.628. The van der Waals surface area contributed by atoms with Gasteiger partial charge < -0.3 is 5.73 Å². The molecule has 1 unspecified atom stereocenters. The Morgan fingerprint density at radius 1 is 1.50 bits per heavy atom. The maximum atomic E-state index is 13.9. The first-order chi connectivity index (χ1) is 8.56. The van der Waals surface area contributed by atoms with E-state index in [0.717, 1.165) is 5.56 Å². The molecule has 18 heavy (non-hydrogen) atoms. The molecule has 1 aromatic heterocycles. The van der Waals surface area contributed by atoms with Crippen LogP contribution in [0.3, 0.4) is 0 Å². The molecule has 1 aromatic carbocycles. The van der Waals surface area contributed by atoms with Crippen LogP contribution in [0.1, 0.15) is 18.3 Å². The highest BCUT2D eigenvalue weighted by molar-refractivity contribution is 7.99. The fourth-order valence-corrected chi connectivity index (χ4v) is 2.54. The monoisotopic (exact) mass is 266 g/mol. The van der Waals surface area contributed by atoms with Gasteiger partial charge in [-0.15, -0.1) is 5.10 Å². The number of aromatic amines is 1. The Balaban J connectivity index is 2.30. The van der Waals surface area contributed by atoms with Gasteiger partial charge >= 0.3 is 0 Å². The summed E-state index contributed by atoms with van der Waals surface area (Å²) < 4.78 is 13.9. The lowest BCUT2D eigenvalue weighted by molar-refractivity contribution is 0.592. The lowest BCUT2D eigenvalue weighted by Gasteiger charge is -2.10. The van der Waals surface area contributed by atoms with E-state index < -0.39 is 0 Å². The molecule has 0 saturated heterocycles. The van der Waals surface area contributed by atoms with Crippen LogP contribution in [0.4, 0.5) is 4.39 Å². The predicted octanol–water partition coefficient (Wildman–Crippen LogP) is 2.29. The molecule has 0 bridgehead atoms. The molecule has 0 amide bonds. The van der Waals surface area contributed by atoms with Crippen molar-refractivity contribution in [2.45, 2.75) is 36.4 Å². The second kappa shape index (κ2) is 5.49. The maximum absolute atomic E-state index is 13.9. The number of nitrogens with one attached hydrogen (secondary N) is 1. The van der Waals surface area contributed by atoms with E-state index >= 15 is 0 Å². The number of nitrogens with zero attached hydrogens (tertiary/aromatic N) is 2. The summed E-state index contributed by atoms with van der Waals surface area (Å²) in [4.78, 5) is 4.72. The number of aromatic nitrogens is 3. The van der Waals surface area contributed by atoms with E-state index in [2.05, 4.69) is 15.2 Å². The van der Waals surface area contributed by atoms with Gasteiger partial charge in [0.25, 0.3) is 0 Å². The zero-order valence-electron chi connectivity index (χ0n) is 10.3. The third-order valence-electron chi connectivity index (χ3n) is 2.36. The van der Waals surface area contributed by atoms with Gasteiger partial charge in [-0.1, -0.05) is 12.1 Å². The van der Waals surface area contributed by atoms with Crippen molar-refractivity contribution in [1.82, 2.24) is 15.2 Å². The van der Waals surface area contributed by atoms with Crippen molar-refractivity contribution < 1.29 is 4.39 Å². The molecule has 1 heterocycles. The second-order valence-corrected chi connectivity index (χ2v) is 5.19. The maximum Gasteiger partial charge on any atom is 0.213 e. The standard InChI is InChI=1S/C12H15FN4S/c1-7(14)6-9-4-3-5-10(13)11(9)18-12-15-8(2)16-17-12/h3-5,7H,6,14H2,1-2H3,(H,15,16,17). The Hall–Kier alpha value is -1.40. The molecule has 0 aliphatic carbocycles. The number of aryl methyl sites for hydroxylation is 1. The van der Waals surface area contributed by atoms with Crippen LogP contribution in [0.25, 0.3) is 0 Å². The molecule has 0 radical (unpaired) electrons. The highest BCUT2D eigenvalue weighted by Crippen LogP contribution is 2.31. The molecular formula is C12H15FN4S. The summed E-state index contributed by atoms with van der Waals surface area (Å²) in [6, 6.07) is 5.00. The molecule has 6 heteroatoms. The summed E-state index contributed by atoms with van der Waals surface area (Å²) in [5, 5.41) is 7.26. The predicted molar refractivity (Wildman–Crippen MR) is 69.0 cm³/mol. The zero-order valence-corrected chi connectivity index (χ0v) is 11.1. The first-order valence-corrected chi connectivity index (χ1v) is 6.47. The molecule has 0 aliphatic rings. The Morgan fingerprint density at radius 2 is 2.28 bits per heavy atom. The fraction of sp³-hybridized carbons (Fsp3) is 0.333. The van der Waals surface area contributed by atoms with E-state index in [1.54, 1.807) is 13.0 Å². The summed E-state index contributed by atoms with van der Waals surface area (Å²) in [7, 11) is 0. The van der Waals surface area contributed by atoms with Crippen molar-refractivity contribution in [3.63, 3.8) is 0 Å². The molecule has 4 nitrogen and oxygen atoms in total. The Kier molecular flexibility index (Phi) is 3.98. The van der Waals surface area contributed by atoms with Crippen LogP contribution in [0.15, 0.2) is 28.3 Å². The lowest BCUT2D eigenvalue weighted by Crippen LogP contribution is -2.18. The number of nitrogens with two attached hydrogens (primary N) is 1. The van der Waals surface area contributed by atoms with Crippen molar-refractivity contribution in [2.75, 3.05) is 0 Å². The van der Waals surface area contributed by atoms with Crippen LogP contribution in [-0.2, 0) is 6.42 Å². The van der Waals surface area contributed by atoms with Gasteiger partial charge in [0.05, 0.1) is 4.90 Å². The van der Waals surface area contributed by atoms with Crippen LogP contribution in [0.2, 0.25) is 0 Å². The minimum Gasteiger partial charge on any atom is -0.328 e. The van der Waals surface area contributed by atoms with Gasteiger partial charge in [0, 0.05) is 6.04 Å². The third-order valence-corrected chi connectivity index (χ3v) is 3.39.